The summed E-state index contributed by atoms with van der Waals surface area (Å²) in [6.45, 7) is 0.230. The second kappa shape index (κ2) is 7.51. The largest absolute Gasteiger partial charge is 0.481 e. The van der Waals surface area contributed by atoms with Gasteiger partial charge in [0.2, 0.25) is 5.91 Å². The van der Waals surface area contributed by atoms with Gasteiger partial charge >= 0.3 is 5.97 Å². The van der Waals surface area contributed by atoms with E-state index in [1.165, 1.54) is 5.56 Å². The first-order chi connectivity index (χ1) is 12.1. The molecule has 2 aromatic carbocycles. The molecule has 0 bridgehead atoms. The maximum Gasteiger partial charge on any atom is 0.311 e. The van der Waals surface area contributed by atoms with Crippen molar-refractivity contribution >= 4 is 11.9 Å². The van der Waals surface area contributed by atoms with Gasteiger partial charge in [0.1, 0.15) is 0 Å². The molecule has 3 rings (SSSR count). The predicted molar refractivity (Wildman–Crippen MR) is 96.3 cm³/mol. The molecule has 0 radical (unpaired) electrons. The molecule has 0 aliphatic heterocycles. The third-order valence-electron chi connectivity index (χ3n) is 4.96. The molecule has 130 valence electrons. The van der Waals surface area contributed by atoms with E-state index in [9.17, 15) is 14.7 Å². The van der Waals surface area contributed by atoms with E-state index in [0.717, 1.165) is 12.0 Å². The molecule has 4 heteroatoms. The van der Waals surface area contributed by atoms with Crippen LogP contribution in [-0.2, 0) is 16.0 Å². The topological polar surface area (TPSA) is 66.4 Å². The lowest BCUT2D eigenvalue weighted by atomic mass is 9.89. The van der Waals surface area contributed by atoms with Gasteiger partial charge in [0.15, 0.2) is 0 Å². The van der Waals surface area contributed by atoms with Crippen molar-refractivity contribution in [3.05, 3.63) is 71.8 Å². The normalized spacial score (nSPS) is 16.0. The van der Waals surface area contributed by atoms with Crippen LogP contribution in [-0.4, -0.2) is 23.5 Å². The molecule has 1 amide bonds. The molecule has 1 aliphatic carbocycles. The molecule has 4 nitrogen and oxygen atoms in total. The highest BCUT2D eigenvalue weighted by Gasteiger charge is 2.50. The summed E-state index contributed by atoms with van der Waals surface area (Å²) in [7, 11) is 0. The molecule has 0 heterocycles. The second-order valence-corrected chi connectivity index (χ2v) is 6.86. The van der Waals surface area contributed by atoms with Gasteiger partial charge in [0.05, 0.1) is 5.41 Å². The Labute approximate surface area is 147 Å². The van der Waals surface area contributed by atoms with Gasteiger partial charge in [-0.2, -0.15) is 0 Å². The highest BCUT2D eigenvalue weighted by molar-refractivity contribution is 5.81. The van der Waals surface area contributed by atoms with Gasteiger partial charge in [0, 0.05) is 13.0 Å². The van der Waals surface area contributed by atoms with E-state index in [1.54, 1.807) is 0 Å². The number of rotatable bonds is 8. The fraction of sp³-hybridized carbons (Fsp3) is 0.333. The van der Waals surface area contributed by atoms with Crippen molar-refractivity contribution < 1.29 is 14.7 Å². The minimum Gasteiger partial charge on any atom is -0.481 e. The molecule has 25 heavy (non-hydrogen) atoms. The first kappa shape index (κ1) is 17.2. The Morgan fingerprint density at radius 2 is 1.60 bits per heavy atom. The summed E-state index contributed by atoms with van der Waals surface area (Å²) in [5, 5.41) is 12.1. The molecule has 2 N–H and O–H groups in total. The van der Waals surface area contributed by atoms with E-state index in [0.29, 0.717) is 19.3 Å². The first-order valence-electron chi connectivity index (χ1n) is 8.68. The molecule has 1 unspecified atom stereocenters. The molecule has 2 aromatic rings. The van der Waals surface area contributed by atoms with Crippen molar-refractivity contribution in [3.63, 3.8) is 0 Å². The Kier molecular flexibility index (Phi) is 5.17. The van der Waals surface area contributed by atoms with Crippen molar-refractivity contribution in [1.82, 2.24) is 5.32 Å². The summed E-state index contributed by atoms with van der Waals surface area (Å²) in [6.07, 6.45) is 2.43. The molecule has 1 saturated carbocycles. The number of carbonyl (C=O) groups excluding carboxylic acids is 1. The monoisotopic (exact) mass is 337 g/mol. The fourth-order valence-corrected chi connectivity index (χ4v) is 3.11. The number of hydrogen-bond donors (Lipinski definition) is 2. The van der Waals surface area contributed by atoms with Gasteiger partial charge in [-0.3, -0.25) is 9.59 Å². The van der Waals surface area contributed by atoms with Gasteiger partial charge in [-0.15, -0.1) is 0 Å². The Bertz CT molecular complexity index is 723. The van der Waals surface area contributed by atoms with Gasteiger partial charge in [-0.1, -0.05) is 60.7 Å². The van der Waals surface area contributed by atoms with Crippen LogP contribution in [0, 0.1) is 5.41 Å². The summed E-state index contributed by atoms with van der Waals surface area (Å²) in [5.74, 6) is -0.822. The number of amides is 1. The number of carbonyl (C=O) groups is 2. The van der Waals surface area contributed by atoms with Crippen LogP contribution in [0.3, 0.4) is 0 Å². The average molecular weight is 337 g/mol. The third-order valence-corrected chi connectivity index (χ3v) is 4.96. The SMILES string of the molecule is O=C(CC(Cc1ccccc1)c1ccccc1)NCC1(C(=O)O)CC1. The molecule has 0 spiro atoms. The minimum absolute atomic E-state index is 0.0728. The van der Waals surface area contributed by atoms with E-state index in [2.05, 4.69) is 17.4 Å². The molecule has 0 aromatic heterocycles. The van der Waals surface area contributed by atoms with E-state index in [-0.39, 0.29) is 18.4 Å². The van der Waals surface area contributed by atoms with Crippen LogP contribution in [0.2, 0.25) is 0 Å². The number of aliphatic carboxylic acids is 1. The van der Waals surface area contributed by atoms with Crippen molar-refractivity contribution in [3.8, 4) is 0 Å². The zero-order valence-electron chi connectivity index (χ0n) is 14.2. The first-order valence-corrected chi connectivity index (χ1v) is 8.68. The van der Waals surface area contributed by atoms with Gasteiger partial charge in [-0.25, -0.2) is 0 Å². The van der Waals surface area contributed by atoms with Crippen molar-refractivity contribution in [2.45, 2.75) is 31.6 Å². The summed E-state index contributed by atoms with van der Waals surface area (Å²) in [4.78, 5) is 23.6. The number of hydrogen-bond acceptors (Lipinski definition) is 2. The highest BCUT2D eigenvalue weighted by Crippen LogP contribution is 2.45. The molecule has 1 atom stereocenters. The summed E-state index contributed by atoms with van der Waals surface area (Å²) in [6, 6.07) is 20.1. The minimum atomic E-state index is -0.809. The smallest absolute Gasteiger partial charge is 0.311 e. The number of nitrogens with one attached hydrogen (secondary N) is 1. The van der Waals surface area contributed by atoms with Crippen LogP contribution in [0.4, 0.5) is 0 Å². The Hall–Kier alpha value is -2.62. The second-order valence-electron chi connectivity index (χ2n) is 6.86. The van der Waals surface area contributed by atoms with Crippen molar-refractivity contribution in [2.24, 2.45) is 5.41 Å². The molecular weight excluding hydrogens is 314 g/mol. The Morgan fingerprint density at radius 3 is 2.16 bits per heavy atom. The van der Waals surface area contributed by atoms with Crippen LogP contribution in [0.1, 0.15) is 36.3 Å². The lowest BCUT2D eigenvalue weighted by Crippen LogP contribution is -2.35. The van der Waals surface area contributed by atoms with Crippen LogP contribution in [0.15, 0.2) is 60.7 Å². The number of benzene rings is 2. The van der Waals surface area contributed by atoms with Crippen molar-refractivity contribution in [2.75, 3.05) is 6.54 Å². The Balaban J connectivity index is 1.65. The average Bonchev–Trinajstić information content (AvgIpc) is 3.43. The standard InChI is InChI=1S/C21H23NO3/c23-19(22-15-21(11-12-21)20(24)25)14-18(17-9-5-2-6-10-17)13-16-7-3-1-4-8-16/h1-10,18H,11-15H2,(H,22,23)(H,24,25). The van der Waals surface area contributed by atoms with Gasteiger partial charge in [0.25, 0.3) is 0 Å². The van der Waals surface area contributed by atoms with Crippen molar-refractivity contribution in [1.29, 1.82) is 0 Å². The lowest BCUT2D eigenvalue weighted by molar-refractivity contribution is -0.143. The summed E-state index contributed by atoms with van der Waals surface area (Å²) in [5.41, 5.74) is 1.59. The summed E-state index contributed by atoms with van der Waals surface area (Å²) >= 11 is 0. The molecular formula is C21H23NO3. The molecule has 0 saturated heterocycles. The zero-order chi connectivity index (χ0) is 17.7. The fourth-order valence-electron chi connectivity index (χ4n) is 3.11. The highest BCUT2D eigenvalue weighted by atomic mass is 16.4. The van der Waals surface area contributed by atoms with Crippen LogP contribution >= 0.6 is 0 Å². The maximum atomic E-state index is 12.4. The quantitative estimate of drug-likeness (QED) is 0.776. The van der Waals surface area contributed by atoms with Crippen LogP contribution in [0.25, 0.3) is 0 Å². The van der Waals surface area contributed by atoms with E-state index < -0.39 is 11.4 Å². The third kappa shape index (κ3) is 4.47. The summed E-state index contributed by atoms with van der Waals surface area (Å²) < 4.78 is 0. The Morgan fingerprint density at radius 1 is 1.00 bits per heavy atom. The number of carboxylic acids is 1. The van der Waals surface area contributed by atoms with E-state index in [4.69, 9.17) is 0 Å². The maximum absolute atomic E-state index is 12.4. The number of carboxylic acid groups (broad SMARTS) is 1. The van der Waals surface area contributed by atoms with Crippen LogP contribution < -0.4 is 5.32 Å². The van der Waals surface area contributed by atoms with E-state index in [1.807, 2.05) is 48.5 Å². The molecule has 1 aliphatic rings. The lowest BCUT2D eigenvalue weighted by Gasteiger charge is -2.18. The molecule has 1 fully saturated rings. The van der Waals surface area contributed by atoms with Crippen LogP contribution in [0.5, 0.6) is 0 Å². The van der Waals surface area contributed by atoms with Gasteiger partial charge < -0.3 is 10.4 Å². The predicted octanol–water partition coefficient (Wildman–Crippen LogP) is 3.38. The van der Waals surface area contributed by atoms with E-state index >= 15 is 0 Å². The van der Waals surface area contributed by atoms with Gasteiger partial charge in [-0.05, 0) is 36.3 Å². The zero-order valence-corrected chi connectivity index (χ0v) is 14.2.